The van der Waals surface area contributed by atoms with Gasteiger partial charge in [-0.05, 0) is 19.1 Å². The predicted molar refractivity (Wildman–Crippen MR) is 116 cm³/mol. The number of anilines is 1. The van der Waals surface area contributed by atoms with Crippen LogP contribution in [0.4, 0.5) is 5.00 Å². The first-order chi connectivity index (χ1) is 15.3. The van der Waals surface area contributed by atoms with Gasteiger partial charge >= 0.3 is 17.9 Å². The minimum absolute atomic E-state index is 0.0277. The van der Waals surface area contributed by atoms with Gasteiger partial charge < -0.3 is 24.5 Å². The highest BCUT2D eigenvalue weighted by atomic mass is 32.2. The number of thioether (sulfide) groups is 1. The number of hydrogen-bond acceptors (Lipinski definition) is 12. The molecule has 2 heterocycles. The molecule has 12 heteroatoms. The van der Waals surface area contributed by atoms with E-state index < -0.39 is 17.9 Å². The number of nitrogens with two attached hydrogens (primary N) is 1. The van der Waals surface area contributed by atoms with Crippen LogP contribution in [0.1, 0.15) is 47.7 Å². The van der Waals surface area contributed by atoms with Crippen molar-refractivity contribution in [2.45, 2.75) is 24.2 Å². The Bertz CT molecular complexity index is 1160. The summed E-state index contributed by atoms with van der Waals surface area (Å²) in [4.78, 5) is 41.9. The first-order valence-electron chi connectivity index (χ1n) is 9.11. The third-order valence-corrected chi connectivity index (χ3v) is 6.27. The molecule has 3 rings (SSSR count). The van der Waals surface area contributed by atoms with E-state index >= 15 is 0 Å². The Kier molecular flexibility index (Phi) is 7.49. The Morgan fingerprint density at radius 3 is 2.50 bits per heavy atom. The van der Waals surface area contributed by atoms with Crippen molar-refractivity contribution in [3.63, 3.8) is 0 Å². The van der Waals surface area contributed by atoms with Gasteiger partial charge in [0.25, 0.3) is 0 Å². The summed E-state index contributed by atoms with van der Waals surface area (Å²) in [5.41, 5.74) is 6.30. The molecular formula is C20H19N3O7S2. The standard InChI is InChI=1S/C20H19N3O7S2/c1-10-22-14(30-23-10)9-31-13-7-5-4-6-11(13)18(24)29-8-12-15(19(25)27-2)17(21)32-16(12)20(26)28-3/h4-7H,8-9,21H2,1-3H3. The van der Waals surface area contributed by atoms with E-state index in [0.29, 0.717) is 27.9 Å². The summed E-state index contributed by atoms with van der Waals surface area (Å²) in [7, 11) is 2.38. The molecule has 32 heavy (non-hydrogen) atoms. The van der Waals surface area contributed by atoms with Crippen molar-refractivity contribution in [2.24, 2.45) is 0 Å². The maximum absolute atomic E-state index is 12.8. The molecular weight excluding hydrogens is 458 g/mol. The second kappa shape index (κ2) is 10.3. The number of methoxy groups -OCH3 is 2. The molecule has 0 aliphatic heterocycles. The minimum Gasteiger partial charge on any atom is -0.465 e. The highest BCUT2D eigenvalue weighted by Crippen LogP contribution is 2.33. The fourth-order valence-electron chi connectivity index (χ4n) is 2.72. The van der Waals surface area contributed by atoms with Crippen LogP contribution in [0.15, 0.2) is 33.7 Å². The average Bonchev–Trinajstić information content (AvgIpc) is 3.37. The van der Waals surface area contributed by atoms with Gasteiger partial charge in [-0.25, -0.2) is 14.4 Å². The number of aryl methyl sites for hydroxylation is 1. The van der Waals surface area contributed by atoms with Gasteiger partial charge in [0.05, 0.1) is 25.5 Å². The molecule has 168 valence electrons. The molecule has 0 unspecified atom stereocenters. The highest BCUT2D eigenvalue weighted by molar-refractivity contribution is 7.98. The van der Waals surface area contributed by atoms with E-state index in [9.17, 15) is 14.4 Å². The molecule has 0 saturated heterocycles. The fourth-order valence-corrected chi connectivity index (χ4v) is 4.58. The minimum atomic E-state index is -0.745. The Morgan fingerprint density at radius 2 is 1.84 bits per heavy atom. The number of nitrogens with zero attached hydrogens (tertiary/aromatic N) is 2. The molecule has 0 aliphatic rings. The number of ether oxygens (including phenoxy) is 3. The summed E-state index contributed by atoms with van der Waals surface area (Å²) in [5.74, 6) is -0.780. The lowest BCUT2D eigenvalue weighted by molar-refractivity contribution is 0.0449. The van der Waals surface area contributed by atoms with Crippen molar-refractivity contribution in [3.8, 4) is 0 Å². The SMILES string of the molecule is COC(=O)c1sc(N)c(C(=O)OC)c1COC(=O)c1ccccc1SCc1nc(C)no1. The van der Waals surface area contributed by atoms with E-state index in [4.69, 9.17) is 24.5 Å². The van der Waals surface area contributed by atoms with Crippen molar-refractivity contribution in [1.82, 2.24) is 10.1 Å². The average molecular weight is 478 g/mol. The third-order valence-electron chi connectivity index (χ3n) is 4.17. The summed E-state index contributed by atoms with van der Waals surface area (Å²) < 4.78 is 20.0. The van der Waals surface area contributed by atoms with Crippen LogP contribution in [0.3, 0.4) is 0 Å². The molecule has 0 fully saturated rings. The lowest BCUT2D eigenvalue weighted by Crippen LogP contribution is -2.13. The van der Waals surface area contributed by atoms with E-state index in [1.807, 2.05) is 0 Å². The Labute approximate surface area is 191 Å². The first kappa shape index (κ1) is 23.3. The third kappa shape index (κ3) is 5.08. The van der Waals surface area contributed by atoms with E-state index in [-0.39, 0.29) is 27.6 Å². The van der Waals surface area contributed by atoms with Gasteiger partial charge in [-0.3, -0.25) is 0 Å². The second-order valence-corrected chi connectivity index (χ2v) is 8.30. The van der Waals surface area contributed by atoms with Crippen molar-refractivity contribution in [1.29, 1.82) is 0 Å². The van der Waals surface area contributed by atoms with Crippen molar-refractivity contribution in [3.05, 3.63) is 57.5 Å². The van der Waals surface area contributed by atoms with E-state index in [0.717, 1.165) is 11.3 Å². The zero-order valence-corrected chi connectivity index (χ0v) is 19.0. The van der Waals surface area contributed by atoms with Crippen LogP contribution in [-0.2, 0) is 26.6 Å². The number of hydrogen-bond donors (Lipinski definition) is 1. The Morgan fingerprint density at radius 1 is 1.12 bits per heavy atom. The number of benzene rings is 1. The maximum atomic E-state index is 12.8. The first-order valence-corrected chi connectivity index (χ1v) is 10.9. The van der Waals surface area contributed by atoms with Gasteiger partial charge in [0.1, 0.15) is 22.0 Å². The molecule has 0 atom stereocenters. The molecule has 10 nitrogen and oxygen atoms in total. The number of thiophene rings is 1. The summed E-state index contributed by atoms with van der Waals surface area (Å²) in [6.45, 7) is 1.34. The normalized spacial score (nSPS) is 10.6. The van der Waals surface area contributed by atoms with E-state index in [1.54, 1.807) is 31.2 Å². The van der Waals surface area contributed by atoms with Gasteiger partial charge in [-0.1, -0.05) is 17.3 Å². The van der Waals surface area contributed by atoms with Crippen LogP contribution < -0.4 is 5.73 Å². The number of rotatable bonds is 8. The molecule has 0 spiro atoms. The Hall–Kier alpha value is -3.38. The summed E-state index contributed by atoms with van der Waals surface area (Å²) >= 11 is 2.19. The molecule has 3 aromatic rings. The number of carbonyl (C=O) groups excluding carboxylic acids is 3. The monoisotopic (exact) mass is 477 g/mol. The van der Waals surface area contributed by atoms with Gasteiger partial charge in [0.2, 0.25) is 5.89 Å². The van der Waals surface area contributed by atoms with Gasteiger partial charge in [0.15, 0.2) is 5.82 Å². The topological polar surface area (TPSA) is 144 Å². The van der Waals surface area contributed by atoms with Crippen molar-refractivity contribution < 1.29 is 33.1 Å². The lowest BCUT2D eigenvalue weighted by atomic mass is 10.1. The van der Waals surface area contributed by atoms with E-state index in [1.165, 1.54) is 26.0 Å². The van der Waals surface area contributed by atoms with Gasteiger partial charge in [-0.15, -0.1) is 23.1 Å². The largest absolute Gasteiger partial charge is 0.465 e. The summed E-state index contributed by atoms with van der Waals surface area (Å²) in [5, 5.41) is 3.80. The zero-order valence-electron chi connectivity index (χ0n) is 17.4. The summed E-state index contributed by atoms with van der Waals surface area (Å²) in [6.07, 6.45) is 0. The molecule has 2 N–H and O–H groups in total. The highest BCUT2D eigenvalue weighted by Gasteiger charge is 2.28. The van der Waals surface area contributed by atoms with Gasteiger partial charge in [-0.2, -0.15) is 4.98 Å². The molecule has 0 aliphatic carbocycles. The molecule has 0 bridgehead atoms. The summed E-state index contributed by atoms with van der Waals surface area (Å²) in [6, 6.07) is 6.84. The number of carbonyl (C=O) groups is 3. The van der Waals surface area contributed by atoms with Gasteiger partial charge in [0, 0.05) is 10.5 Å². The van der Waals surface area contributed by atoms with Crippen LogP contribution in [-0.4, -0.2) is 42.3 Å². The molecule has 0 radical (unpaired) electrons. The molecule has 1 aromatic carbocycles. The second-order valence-electron chi connectivity index (χ2n) is 6.23. The maximum Gasteiger partial charge on any atom is 0.348 e. The smallest absolute Gasteiger partial charge is 0.348 e. The van der Waals surface area contributed by atoms with E-state index in [2.05, 4.69) is 10.1 Å². The van der Waals surface area contributed by atoms with Crippen LogP contribution in [0, 0.1) is 6.92 Å². The molecule has 2 aromatic heterocycles. The van der Waals surface area contributed by atoms with Crippen molar-refractivity contribution in [2.75, 3.05) is 20.0 Å². The quantitative estimate of drug-likeness (QED) is 0.290. The van der Waals surface area contributed by atoms with Crippen LogP contribution in [0.2, 0.25) is 0 Å². The number of nitrogen functional groups attached to an aromatic ring is 1. The Balaban J connectivity index is 1.80. The predicted octanol–water partition coefficient (Wildman–Crippen LogP) is 3.24. The van der Waals surface area contributed by atoms with Crippen molar-refractivity contribution >= 4 is 46.0 Å². The number of esters is 3. The zero-order chi connectivity index (χ0) is 23.3. The fraction of sp³-hybridized carbons (Fsp3) is 0.250. The lowest BCUT2D eigenvalue weighted by Gasteiger charge is -2.10. The molecule has 0 saturated carbocycles. The van der Waals surface area contributed by atoms with Crippen LogP contribution in [0.25, 0.3) is 0 Å². The molecule has 0 amide bonds. The van der Waals surface area contributed by atoms with Crippen LogP contribution >= 0.6 is 23.1 Å². The number of aromatic nitrogens is 2. The van der Waals surface area contributed by atoms with Crippen LogP contribution in [0.5, 0.6) is 0 Å².